The van der Waals surface area contributed by atoms with E-state index in [9.17, 15) is 4.79 Å². The maximum atomic E-state index is 12.5. The van der Waals surface area contributed by atoms with Crippen LogP contribution in [0.2, 0.25) is 0 Å². The van der Waals surface area contributed by atoms with E-state index in [0.717, 1.165) is 26.9 Å². The summed E-state index contributed by atoms with van der Waals surface area (Å²) >= 11 is 3.53. The van der Waals surface area contributed by atoms with Gasteiger partial charge in [0.05, 0.1) is 17.1 Å². The lowest BCUT2D eigenvalue weighted by atomic mass is 10.0. The second-order valence-electron chi connectivity index (χ2n) is 6.52. The number of carbonyl (C=O) groups is 1. The van der Waals surface area contributed by atoms with E-state index >= 15 is 0 Å². The third kappa shape index (κ3) is 4.28. The Hall–Kier alpha value is -2.14. The van der Waals surface area contributed by atoms with E-state index in [1.54, 1.807) is 0 Å². The molecule has 0 aliphatic rings. The van der Waals surface area contributed by atoms with Crippen molar-refractivity contribution in [3.05, 3.63) is 64.4 Å². The van der Waals surface area contributed by atoms with Crippen LogP contribution in [0.25, 0.3) is 11.0 Å². The van der Waals surface area contributed by atoms with Crippen molar-refractivity contribution in [2.24, 2.45) is 5.92 Å². The van der Waals surface area contributed by atoms with Gasteiger partial charge in [-0.1, -0.05) is 60.1 Å². The minimum absolute atomic E-state index is 0.0370. The van der Waals surface area contributed by atoms with Crippen molar-refractivity contribution >= 4 is 32.9 Å². The average Bonchev–Trinajstić information content (AvgIpc) is 3.02. The Bertz CT molecular complexity index is 839. The van der Waals surface area contributed by atoms with E-state index in [0.29, 0.717) is 12.8 Å². The predicted molar refractivity (Wildman–Crippen MR) is 104 cm³/mol. The van der Waals surface area contributed by atoms with Gasteiger partial charge in [-0.25, -0.2) is 4.98 Å². The molecule has 1 atom stereocenters. The Morgan fingerprint density at radius 1 is 1.16 bits per heavy atom. The maximum Gasteiger partial charge on any atom is 0.220 e. The second-order valence-corrected chi connectivity index (χ2v) is 7.37. The first-order valence-corrected chi connectivity index (χ1v) is 9.31. The van der Waals surface area contributed by atoms with Gasteiger partial charge < -0.3 is 10.3 Å². The van der Waals surface area contributed by atoms with Crippen molar-refractivity contribution in [1.82, 2.24) is 15.3 Å². The summed E-state index contributed by atoms with van der Waals surface area (Å²) in [4.78, 5) is 20.4. The Kier molecular flexibility index (Phi) is 5.53. The van der Waals surface area contributed by atoms with E-state index in [1.165, 1.54) is 0 Å². The predicted octanol–water partition coefficient (Wildman–Crippen LogP) is 4.77. The molecule has 2 N–H and O–H groups in total. The molecule has 5 heteroatoms. The quantitative estimate of drug-likeness (QED) is 0.626. The van der Waals surface area contributed by atoms with Crippen molar-refractivity contribution in [2.75, 3.05) is 0 Å². The van der Waals surface area contributed by atoms with Gasteiger partial charge in [-0.05, 0) is 36.1 Å². The number of hydrogen-bond donors (Lipinski definition) is 2. The first-order chi connectivity index (χ1) is 12.0. The summed E-state index contributed by atoms with van der Waals surface area (Å²) in [7, 11) is 0. The Labute approximate surface area is 156 Å². The number of carbonyl (C=O) groups excluding carboxylic acids is 1. The van der Waals surface area contributed by atoms with Gasteiger partial charge in [0.15, 0.2) is 0 Å². The fourth-order valence-corrected chi connectivity index (χ4v) is 3.35. The zero-order valence-electron chi connectivity index (χ0n) is 14.4. The third-order valence-electron chi connectivity index (χ3n) is 4.26. The van der Waals surface area contributed by atoms with Gasteiger partial charge >= 0.3 is 0 Å². The largest absolute Gasteiger partial charge is 0.346 e. The molecular formula is C20H22BrN3O. The summed E-state index contributed by atoms with van der Waals surface area (Å²) in [5, 5.41) is 3.14. The molecule has 3 rings (SSSR count). The molecule has 1 amide bonds. The number of halogens is 1. The standard InChI is InChI=1S/C20H22BrN3O/c1-13(2)19(20-22-16-9-5-6-10-17(16)23-20)24-18(25)12-11-14-7-3-4-8-15(14)21/h3-10,13,19H,11-12H2,1-2H3,(H,22,23)(H,24,25). The summed E-state index contributed by atoms with van der Waals surface area (Å²) in [5.74, 6) is 1.09. The molecule has 0 saturated heterocycles. The van der Waals surface area contributed by atoms with Crippen LogP contribution in [0.1, 0.15) is 37.7 Å². The van der Waals surface area contributed by atoms with Gasteiger partial charge in [-0.2, -0.15) is 0 Å². The number of aromatic amines is 1. The molecule has 0 aliphatic carbocycles. The van der Waals surface area contributed by atoms with E-state index in [-0.39, 0.29) is 17.9 Å². The van der Waals surface area contributed by atoms with Crippen molar-refractivity contribution in [3.8, 4) is 0 Å². The second kappa shape index (κ2) is 7.83. The summed E-state index contributed by atoms with van der Waals surface area (Å²) in [6.07, 6.45) is 1.16. The van der Waals surface area contributed by atoms with Crippen molar-refractivity contribution in [3.63, 3.8) is 0 Å². The lowest BCUT2D eigenvalue weighted by Crippen LogP contribution is -2.32. The van der Waals surface area contributed by atoms with Gasteiger partial charge in [0.1, 0.15) is 5.82 Å². The first-order valence-electron chi connectivity index (χ1n) is 8.52. The van der Waals surface area contributed by atoms with Crippen LogP contribution in [0.15, 0.2) is 53.0 Å². The van der Waals surface area contributed by atoms with Crippen LogP contribution in [-0.4, -0.2) is 15.9 Å². The van der Waals surface area contributed by atoms with Crippen molar-refractivity contribution < 1.29 is 4.79 Å². The lowest BCUT2D eigenvalue weighted by molar-refractivity contribution is -0.122. The van der Waals surface area contributed by atoms with E-state index in [4.69, 9.17) is 0 Å². The number of para-hydroxylation sites is 2. The Balaban J connectivity index is 1.69. The number of benzene rings is 2. The Morgan fingerprint density at radius 2 is 1.88 bits per heavy atom. The molecular weight excluding hydrogens is 378 g/mol. The molecule has 1 unspecified atom stereocenters. The first kappa shape index (κ1) is 17.7. The number of imidazole rings is 1. The molecule has 0 aliphatic heterocycles. The Morgan fingerprint density at radius 3 is 2.60 bits per heavy atom. The molecule has 0 saturated carbocycles. The summed E-state index contributed by atoms with van der Waals surface area (Å²) in [5.41, 5.74) is 3.05. The lowest BCUT2D eigenvalue weighted by Gasteiger charge is -2.20. The molecule has 3 aromatic rings. The van der Waals surface area contributed by atoms with Crippen LogP contribution < -0.4 is 5.32 Å². The molecule has 0 spiro atoms. The van der Waals surface area contributed by atoms with Crippen LogP contribution in [0.3, 0.4) is 0 Å². The number of rotatable bonds is 6. The molecule has 25 heavy (non-hydrogen) atoms. The highest BCUT2D eigenvalue weighted by Gasteiger charge is 2.21. The van der Waals surface area contributed by atoms with Crippen molar-refractivity contribution in [1.29, 1.82) is 0 Å². The van der Waals surface area contributed by atoms with Crippen LogP contribution >= 0.6 is 15.9 Å². The molecule has 1 heterocycles. The minimum atomic E-state index is -0.126. The van der Waals surface area contributed by atoms with E-state index in [2.05, 4.69) is 45.1 Å². The van der Waals surface area contributed by atoms with Gasteiger partial charge in [0, 0.05) is 10.9 Å². The van der Waals surface area contributed by atoms with E-state index in [1.807, 2.05) is 48.5 Å². The molecule has 0 fully saturated rings. The maximum absolute atomic E-state index is 12.5. The zero-order chi connectivity index (χ0) is 17.8. The van der Waals surface area contributed by atoms with Crippen molar-refractivity contribution in [2.45, 2.75) is 32.7 Å². The number of nitrogens with one attached hydrogen (secondary N) is 2. The highest BCUT2D eigenvalue weighted by Crippen LogP contribution is 2.23. The topological polar surface area (TPSA) is 57.8 Å². The summed E-state index contributed by atoms with van der Waals surface area (Å²) in [6.45, 7) is 4.18. The average molecular weight is 400 g/mol. The highest BCUT2D eigenvalue weighted by atomic mass is 79.9. The summed E-state index contributed by atoms with van der Waals surface area (Å²) < 4.78 is 1.04. The fourth-order valence-electron chi connectivity index (χ4n) is 2.87. The molecule has 2 aromatic carbocycles. The summed E-state index contributed by atoms with van der Waals surface area (Å²) in [6, 6.07) is 15.8. The van der Waals surface area contributed by atoms with Crippen LogP contribution in [-0.2, 0) is 11.2 Å². The number of fused-ring (bicyclic) bond motifs is 1. The monoisotopic (exact) mass is 399 g/mol. The normalized spacial score (nSPS) is 12.5. The van der Waals surface area contributed by atoms with E-state index < -0.39 is 0 Å². The molecule has 4 nitrogen and oxygen atoms in total. The third-order valence-corrected chi connectivity index (χ3v) is 5.04. The smallest absolute Gasteiger partial charge is 0.220 e. The number of aryl methyl sites for hydroxylation is 1. The SMILES string of the molecule is CC(C)C(NC(=O)CCc1ccccc1Br)c1nc2ccccc2[nH]1. The van der Waals surface area contributed by atoms with Gasteiger partial charge in [0.2, 0.25) is 5.91 Å². The molecule has 0 radical (unpaired) electrons. The number of aromatic nitrogens is 2. The van der Waals surface area contributed by atoms with Gasteiger partial charge in [-0.3, -0.25) is 4.79 Å². The van der Waals surface area contributed by atoms with Crippen LogP contribution in [0, 0.1) is 5.92 Å². The molecule has 1 aromatic heterocycles. The zero-order valence-corrected chi connectivity index (χ0v) is 16.0. The highest BCUT2D eigenvalue weighted by molar-refractivity contribution is 9.10. The minimum Gasteiger partial charge on any atom is -0.346 e. The number of H-pyrrole nitrogens is 1. The molecule has 130 valence electrons. The number of amides is 1. The van der Waals surface area contributed by atoms with Gasteiger partial charge in [0.25, 0.3) is 0 Å². The van der Waals surface area contributed by atoms with Gasteiger partial charge in [-0.15, -0.1) is 0 Å². The van der Waals surface area contributed by atoms with Crippen LogP contribution in [0.4, 0.5) is 0 Å². The number of hydrogen-bond acceptors (Lipinski definition) is 2. The fraction of sp³-hybridized carbons (Fsp3) is 0.300. The molecule has 0 bridgehead atoms. The van der Waals surface area contributed by atoms with Crippen LogP contribution in [0.5, 0.6) is 0 Å². The number of nitrogens with zero attached hydrogens (tertiary/aromatic N) is 1.